The van der Waals surface area contributed by atoms with Gasteiger partial charge in [0.25, 0.3) is 0 Å². The molecule has 2 aromatic rings. The number of ether oxygens (including phenoxy) is 1. The van der Waals surface area contributed by atoms with Crippen LogP contribution >= 0.6 is 11.6 Å². The van der Waals surface area contributed by atoms with Crippen molar-refractivity contribution in [2.75, 3.05) is 44.2 Å². The minimum atomic E-state index is -0.511. The minimum absolute atomic E-state index is 0.211. The molecule has 1 fully saturated rings. The number of piperazine rings is 1. The summed E-state index contributed by atoms with van der Waals surface area (Å²) < 4.78 is 18.6. The zero-order valence-corrected chi connectivity index (χ0v) is 14.8. The van der Waals surface area contributed by atoms with E-state index in [1.54, 1.807) is 24.3 Å². The first-order valence-electron chi connectivity index (χ1n) is 8.50. The second kappa shape index (κ2) is 8.52. The SMILES string of the molecule is O[C@H](COc1ccc(Cl)cc1)C[NH+]1CCN(c2ccc(F)cc2)CC1. The Morgan fingerprint density at radius 2 is 1.72 bits per heavy atom. The van der Waals surface area contributed by atoms with E-state index in [4.69, 9.17) is 16.3 Å². The first-order valence-corrected chi connectivity index (χ1v) is 8.88. The van der Waals surface area contributed by atoms with Crippen LogP contribution in [0.15, 0.2) is 48.5 Å². The number of rotatable bonds is 6. The summed E-state index contributed by atoms with van der Waals surface area (Å²) in [4.78, 5) is 3.60. The van der Waals surface area contributed by atoms with Crippen LogP contribution in [-0.2, 0) is 0 Å². The number of nitrogens with one attached hydrogen (secondary N) is 1. The molecule has 1 saturated heterocycles. The number of anilines is 1. The molecular weight excluding hydrogens is 343 g/mol. The topological polar surface area (TPSA) is 37.1 Å². The molecule has 0 unspecified atom stereocenters. The molecule has 0 amide bonds. The number of benzene rings is 2. The lowest BCUT2D eigenvalue weighted by Gasteiger charge is -2.34. The molecule has 0 bridgehead atoms. The van der Waals surface area contributed by atoms with Crippen molar-refractivity contribution in [2.45, 2.75) is 6.10 Å². The maximum atomic E-state index is 13.0. The molecule has 0 aliphatic carbocycles. The molecule has 2 N–H and O–H groups in total. The fourth-order valence-corrected chi connectivity index (χ4v) is 3.18. The molecule has 1 aliphatic heterocycles. The third-order valence-corrected chi connectivity index (χ3v) is 4.69. The van der Waals surface area contributed by atoms with E-state index < -0.39 is 6.10 Å². The Morgan fingerprint density at radius 3 is 2.36 bits per heavy atom. The van der Waals surface area contributed by atoms with E-state index in [0.717, 1.165) is 31.9 Å². The van der Waals surface area contributed by atoms with Gasteiger partial charge in [-0.25, -0.2) is 4.39 Å². The first kappa shape index (κ1) is 18.0. The number of hydrogen-bond donors (Lipinski definition) is 2. The normalized spacial score (nSPS) is 16.7. The van der Waals surface area contributed by atoms with Crippen LogP contribution < -0.4 is 14.5 Å². The van der Waals surface area contributed by atoms with Crippen molar-refractivity contribution in [3.63, 3.8) is 0 Å². The standard InChI is InChI=1S/C19H22ClFN2O2/c20-15-1-7-19(8-2-15)25-14-18(24)13-22-9-11-23(12-10-22)17-5-3-16(21)4-6-17/h1-8,18,24H,9-14H2/p+1/t18-/m0/s1. The van der Waals surface area contributed by atoms with E-state index in [0.29, 0.717) is 17.3 Å². The van der Waals surface area contributed by atoms with Crippen LogP contribution in [0.1, 0.15) is 0 Å². The van der Waals surface area contributed by atoms with Crippen molar-refractivity contribution in [3.8, 4) is 5.75 Å². The van der Waals surface area contributed by atoms with Crippen LogP contribution in [0.5, 0.6) is 5.75 Å². The number of hydrogen-bond acceptors (Lipinski definition) is 3. The zero-order chi connectivity index (χ0) is 17.6. The van der Waals surface area contributed by atoms with Gasteiger partial charge in [-0.1, -0.05) is 11.6 Å². The van der Waals surface area contributed by atoms with Crippen LogP contribution in [0.4, 0.5) is 10.1 Å². The van der Waals surface area contributed by atoms with Crippen LogP contribution in [0.25, 0.3) is 0 Å². The molecule has 1 atom stereocenters. The lowest BCUT2D eigenvalue weighted by molar-refractivity contribution is -0.903. The van der Waals surface area contributed by atoms with Gasteiger partial charge in [-0.05, 0) is 48.5 Å². The summed E-state index contributed by atoms with van der Waals surface area (Å²) in [5.74, 6) is 0.497. The lowest BCUT2D eigenvalue weighted by atomic mass is 10.2. The fourth-order valence-electron chi connectivity index (χ4n) is 3.05. The third kappa shape index (κ3) is 5.33. The second-order valence-electron chi connectivity index (χ2n) is 6.34. The van der Waals surface area contributed by atoms with Crippen molar-refractivity contribution < 1.29 is 19.1 Å². The van der Waals surface area contributed by atoms with Gasteiger partial charge in [0, 0.05) is 10.7 Å². The van der Waals surface area contributed by atoms with Crippen molar-refractivity contribution >= 4 is 17.3 Å². The molecule has 6 heteroatoms. The largest absolute Gasteiger partial charge is 0.491 e. The molecule has 0 aromatic heterocycles. The maximum absolute atomic E-state index is 13.0. The summed E-state index contributed by atoms with van der Waals surface area (Å²) in [6.45, 7) is 4.60. The highest BCUT2D eigenvalue weighted by Crippen LogP contribution is 2.16. The Kier molecular flexibility index (Phi) is 6.13. The average Bonchev–Trinajstić information content (AvgIpc) is 2.63. The number of aliphatic hydroxyl groups is 1. The molecule has 3 rings (SSSR count). The summed E-state index contributed by atoms with van der Waals surface area (Å²) in [5, 5.41) is 10.9. The number of halogens is 2. The summed E-state index contributed by atoms with van der Waals surface area (Å²) in [6, 6.07) is 13.7. The van der Waals surface area contributed by atoms with Gasteiger partial charge in [0.2, 0.25) is 0 Å². The van der Waals surface area contributed by atoms with E-state index >= 15 is 0 Å². The molecule has 1 heterocycles. The molecule has 1 aliphatic rings. The van der Waals surface area contributed by atoms with Gasteiger partial charge in [-0.2, -0.15) is 0 Å². The quantitative estimate of drug-likeness (QED) is 0.817. The summed E-state index contributed by atoms with van der Waals surface area (Å²) in [6.07, 6.45) is -0.511. The Morgan fingerprint density at radius 1 is 1.08 bits per heavy atom. The van der Waals surface area contributed by atoms with Gasteiger partial charge in [-0.15, -0.1) is 0 Å². The van der Waals surface area contributed by atoms with E-state index in [9.17, 15) is 9.50 Å². The average molecular weight is 366 g/mol. The first-order chi connectivity index (χ1) is 12.1. The summed E-state index contributed by atoms with van der Waals surface area (Å²) >= 11 is 5.84. The van der Waals surface area contributed by atoms with Gasteiger partial charge in [0.05, 0.1) is 26.2 Å². The highest BCUT2D eigenvalue weighted by molar-refractivity contribution is 6.30. The van der Waals surface area contributed by atoms with Gasteiger partial charge < -0.3 is 19.6 Å². The Hall–Kier alpha value is -1.82. The Balaban J connectivity index is 1.40. The smallest absolute Gasteiger partial charge is 0.137 e. The monoisotopic (exact) mass is 365 g/mol. The Labute approximate surface area is 152 Å². The number of nitrogens with zero attached hydrogens (tertiary/aromatic N) is 1. The molecule has 4 nitrogen and oxygen atoms in total. The number of aliphatic hydroxyl groups excluding tert-OH is 1. The predicted octanol–water partition coefficient (Wildman–Crippen LogP) is 1.62. The fraction of sp³-hybridized carbons (Fsp3) is 0.368. The van der Waals surface area contributed by atoms with E-state index in [-0.39, 0.29) is 12.4 Å². The van der Waals surface area contributed by atoms with Crippen LogP contribution in [0, 0.1) is 5.82 Å². The highest BCUT2D eigenvalue weighted by Gasteiger charge is 2.22. The van der Waals surface area contributed by atoms with E-state index in [2.05, 4.69) is 4.90 Å². The Bertz CT molecular complexity index is 658. The van der Waals surface area contributed by atoms with Crippen molar-refractivity contribution in [1.82, 2.24) is 0 Å². The lowest BCUT2D eigenvalue weighted by Crippen LogP contribution is -3.16. The highest BCUT2D eigenvalue weighted by atomic mass is 35.5. The molecule has 0 saturated carbocycles. The van der Waals surface area contributed by atoms with E-state index in [1.807, 2.05) is 12.1 Å². The summed E-state index contributed by atoms with van der Waals surface area (Å²) in [7, 11) is 0. The molecule has 0 spiro atoms. The van der Waals surface area contributed by atoms with Crippen molar-refractivity contribution in [2.24, 2.45) is 0 Å². The molecule has 0 radical (unpaired) electrons. The molecule has 134 valence electrons. The van der Waals surface area contributed by atoms with Gasteiger partial charge in [0.15, 0.2) is 0 Å². The van der Waals surface area contributed by atoms with Crippen LogP contribution in [0.2, 0.25) is 5.02 Å². The van der Waals surface area contributed by atoms with Crippen molar-refractivity contribution in [3.05, 3.63) is 59.4 Å². The van der Waals surface area contributed by atoms with Gasteiger partial charge in [0.1, 0.15) is 30.8 Å². The van der Waals surface area contributed by atoms with Gasteiger partial charge >= 0.3 is 0 Å². The molecule has 25 heavy (non-hydrogen) atoms. The van der Waals surface area contributed by atoms with Crippen LogP contribution in [-0.4, -0.2) is 50.5 Å². The summed E-state index contributed by atoms with van der Waals surface area (Å²) in [5.41, 5.74) is 1.05. The minimum Gasteiger partial charge on any atom is -0.491 e. The van der Waals surface area contributed by atoms with E-state index in [1.165, 1.54) is 17.0 Å². The van der Waals surface area contributed by atoms with Gasteiger partial charge in [-0.3, -0.25) is 0 Å². The zero-order valence-electron chi connectivity index (χ0n) is 14.0. The predicted molar refractivity (Wildman–Crippen MR) is 97.1 cm³/mol. The van der Waals surface area contributed by atoms with Crippen molar-refractivity contribution in [1.29, 1.82) is 0 Å². The maximum Gasteiger partial charge on any atom is 0.137 e. The third-order valence-electron chi connectivity index (χ3n) is 4.44. The second-order valence-corrected chi connectivity index (χ2v) is 6.77. The molecule has 2 aromatic carbocycles. The van der Waals surface area contributed by atoms with Crippen LogP contribution in [0.3, 0.4) is 0 Å². The molecular formula is C19H23ClFN2O2+. The number of quaternary nitrogens is 1.